The second kappa shape index (κ2) is 8.72. The first-order chi connectivity index (χ1) is 17.0. The summed E-state index contributed by atoms with van der Waals surface area (Å²) in [7, 11) is -0.524. The van der Waals surface area contributed by atoms with E-state index in [1.807, 2.05) is 0 Å². The Labute approximate surface area is 211 Å². The Balaban J connectivity index is 1.54. The molecule has 0 spiro atoms. The molecular weight excluding hydrogens is 441 g/mol. The van der Waals surface area contributed by atoms with Gasteiger partial charge in [-0.1, -0.05) is 118 Å². The molecule has 0 radical (unpaired) electrons. The fourth-order valence-corrected chi connectivity index (χ4v) is 10.9. The zero-order chi connectivity index (χ0) is 24.0. The maximum absolute atomic E-state index is 5.38. The maximum atomic E-state index is 5.38. The molecule has 35 heavy (non-hydrogen) atoms. The van der Waals surface area contributed by atoms with Gasteiger partial charge in [0.2, 0.25) is 0 Å². The van der Waals surface area contributed by atoms with Crippen molar-refractivity contribution in [2.45, 2.75) is 45.2 Å². The van der Waals surface area contributed by atoms with Crippen LogP contribution in [0.5, 0.6) is 0 Å². The molecule has 4 atom stereocenters. The van der Waals surface area contributed by atoms with Gasteiger partial charge in [-0.3, -0.25) is 4.98 Å². The van der Waals surface area contributed by atoms with Crippen molar-refractivity contribution in [3.8, 4) is 11.3 Å². The van der Waals surface area contributed by atoms with Crippen molar-refractivity contribution in [3.05, 3.63) is 115 Å². The van der Waals surface area contributed by atoms with Gasteiger partial charge in [-0.15, -0.1) is 0 Å². The first kappa shape index (κ1) is 22.7. The molecule has 2 heteroatoms. The van der Waals surface area contributed by atoms with Gasteiger partial charge in [0, 0.05) is 17.2 Å². The van der Waals surface area contributed by atoms with Gasteiger partial charge in [-0.2, -0.15) is 0 Å². The number of benzene rings is 3. The van der Waals surface area contributed by atoms with Crippen LogP contribution in [-0.4, -0.2) is 10.6 Å². The van der Waals surface area contributed by atoms with Crippen molar-refractivity contribution in [1.29, 1.82) is 0 Å². The SMILES string of the molecule is CC1(C)[C@@H]2CC[C@@]1(C)[C@H](c1cccc(-c3ccccc3)n1)[C@@H]2P(c1ccccc1)c1ccccc1. The third-order valence-electron chi connectivity index (χ3n) is 9.34. The van der Waals surface area contributed by atoms with Crippen molar-refractivity contribution in [2.24, 2.45) is 16.7 Å². The molecule has 0 unspecified atom stereocenters. The van der Waals surface area contributed by atoms with E-state index in [4.69, 9.17) is 4.98 Å². The standard InChI is InChI=1S/C33H34NP/c1-32(2)27-22-23-33(32,3)30(29-21-13-20-28(34-29)24-14-7-4-8-15-24)31(27)35(25-16-9-5-10-17-25)26-18-11-6-12-19-26/h4-21,27,30-31H,22-23H2,1-3H3/t27-,30-,31-,33+/m1/s1. The lowest BCUT2D eigenvalue weighted by molar-refractivity contribution is 0.133. The van der Waals surface area contributed by atoms with E-state index in [0.717, 1.165) is 5.69 Å². The number of nitrogens with zero attached hydrogens (tertiary/aromatic N) is 1. The number of aromatic nitrogens is 1. The number of rotatable bonds is 5. The summed E-state index contributed by atoms with van der Waals surface area (Å²) in [4.78, 5) is 5.38. The lowest BCUT2D eigenvalue weighted by Gasteiger charge is -2.42. The van der Waals surface area contributed by atoms with E-state index in [-0.39, 0.29) is 10.8 Å². The number of hydrogen-bond acceptors (Lipinski definition) is 1. The Morgan fingerprint density at radius 3 is 1.86 bits per heavy atom. The average Bonchev–Trinajstić information content (AvgIpc) is 3.23. The quantitative estimate of drug-likeness (QED) is 0.269. The molecule has 6 rings (SSSR count). The molecule has 0 amide bonds. The van der Waals surface area contributed by atoms with Crippen molar-refractivity contribution < 1.29 is 0 Å². The topological polar surface area (TPSA) is 12.9 Å². The molecule has 0 N–H and O–H groups in total. The van der Waals surface area contributed by atoms with Gasteiger partial charge in [0.15, 0.2) is 0 Å². The summed E-state index contributed by atoms with van der Waals surface area (Å²) in [5.74, 6) is 1.12. The molecule has 176 valence electrons. The van der Waals surface area contributed by atoms with Crippen LogP contribution in [0.25, 0.3) is 11.3 Å². The van der Waals surface area contributed by atoms with E-state index in [2.05, 4.69) is 130 Å². The van der Waals surface area contributed by atoms with Crippen LogP contribution < -0.4 is 10.6 Å². The monoisotopic (exact) mass is 475 g/mol. The summed E-state index contributed by atoms with van der Waals surface area (Å²) in [6.07, 6.45) is 2.61. The second-order valence-electron chi connectivity index (χ2n) is 11.1. The number of hydrogen-bond donors (Lipinski definition) is 0. The highest BCUT2D eigenvalue weighted by molar-refractivity contribution is 7.73. The molecule has 1 aromatic heterocycles. The summed E-state index contributed by atoms with van der Waals surface area (Å²) in [6, 6.07) is 40.0. The summed E-state index contributed by atoms with van der Waals surface area (Å²) in [5.41, 5.74) is 4.66. The fourth-order valence-electron chi connectivity index (χ4n) is 7.22. The first-order valence-electron chi connectivity index (χ1n) is 12.9. The molecule has 3 aromatic carbocycles. The van der Waals surface area contributed by atoms with E-state index < -0.39 is 7.92 Å². The summed E-state index contributed by atoms with van der Waals surface area (Å²) in [6.45, 7) is 7.66. The van der Waals surface area contributed by atoms with Crippen molar-refractivity contribution >= 4 is 18.5 Å². The molecule has 2 aliphatic carbocycles. The Kier molecular flexibility index (Phi) is 5.65. The van der Waals surface area contributed by atoms with Crippen molar-refractivity contribution in [2.75, 3.05) is 0 Å². The van der Waals surface area contributed by atoms with Crippen LogP contribution in [-0.2, 0) is 0 Å². The third-order valence-corrected chi connectivity index (χ3v) is 12.3. The lowest BCUT2D eigenvalue weighted by Crippen LogP contribution is -2.35. The summed E-state index contributed by atoms with van der Waals surface area (Å²) >= 11 is 0. The fraction of sp³-hybridized carbons (Fsp3) is 0.303. The van der Waals surface area contributed by atoms with Crippen LogP contribution in [0.4, 0.5) is 0 Å². The van der Waals surface area contributed by atoms with Gasteiger partial charge < -0.3 is 0 Å². The summed E-state index contributed by atoms with van der Waals surface area (Å²) in [5, 5.41) is 2.99. The highest BCUT2D eigenvalue weighted by Crippen LogP contribution is 2.76. The Morgan fingerprint density at radius 2 is 1.26 bits per heavy atom. The number of pyridine rings is 1. The summed E-state index contributed by atoms with van der Waals surface area (Å²) < 4.78 is 0. The Bertz CT molecular complexity index is 1260. The molecule has 0 aliphatic heterocycles. The van der Waals surface area contributed by atoms with Crippen LogP contribution in [0, 0.1) is 16.7 Å². The lowest BCUT2D eigenvalue weighted by atomic mass is 9.66. The van der Waals surface area contributed by atoms with Gasteiger partial charge >= 0.3 is 0 Å². The highest BCUT2D eigenvalue weighted by Gasteiger charge is 2.68. The zero-order valence-corrected chi connectivity index (χ0v) is 21.8. The molecule has 1 nitrogen and oxygen atoms in total. The van der Waals surface area contributed by atoms with Gasteiger partial charge in [-0.05, 0) is 65.9 Å². The molecule has 0 saturated heterocycles. The van der Waals surface area contributed by atoms with E-state index >= 15 is 0 Å². The smallest absolute Gasteiger partial charge is 0.0705 e. The van der Waals surface area contributed by atoms with Crippen LogP contribution in [0.3, 0.4) is 0 Å². The molecular formula is C33H34NP. The van der Waals surface area contributed by atoms with E-state index in [0.29, 0.717) is 17.5 Å². The van der Waals surface area contributed by atoms with Crippen LogP contribution in [0.1, 0.15) is 45.2 Å². The van der Waals surface area contributed by atoms with Crippen molar-refractivity contribution in [1.82, 2.24) is 4.98 Å². The van der Waals surface area contributed by atoms with Crippen LogP contribution >= 0.6 is 7.92 Å². The molecule has 2 bridgehead atoms. The number of fused-ring (bicyclic) bond motifs is 2. The zero-order valence-electron chi connectivity index (χ0n) is 20.9. The minimum absolute atomic E-state index is 0.231. The van der Waals surface area contributed by atoms with Gasteiger partial charge in [0.1, 0.15) is 0 Å². The van der Waals surface area contributed by atoms with E-state index in [1.165, 1.54) is 34.7 Å². The van der Waals surface area contributed by atoms with Gasteiger partial charge in [-0.25, -0.2) is 0 Å². The minimum atomic E-state index is -0.524. The predicted octanol–water partition coefficient (Wildman–Crippen LogP) is 7.79. The van der Waals surface area contributed by atoms with Crippen molar-refractivity contribution in [3.63, 3.8) is 0 Å². The molecule has 2 aliphatic rings. The molecule has 4 aromatic rings. The van der Waals surface area contributed by atoms with E-state index in [9.17, 15) is 0 Å². The molecule has 2 fully saturated rings. The van der Waals surface area contributed by atoms with E-state index in [1.54, 1.807) is 0 Å². The molecule has 2 saturated carbocycles. The maximum Gasteiger partial charge on any atom is 0.0705 e. The second-order valence-corrected chi connectivity index (χ2v) is 13.5. The molecule has 1 heterocycles. The average molecular weight is 476 g/mol. The third kappa shape index (κ3) is 3.59. The Morgan fingerprint density at radius 1 is 0.686 bits per heavy atom. The van der Waals surface area contributed by atoms with Gasteiger partial charge in [0.05, 0.1) is 5.69 Å². The normalized spacial score (nSPS) is 26.8. The highest BCUT2D eigenvalue weighted by atomic mass is 31.1. The van der Waals surface area contributed by atoms with Crippen LogP contribution in [0.2, 0.25) is 0 Å². The largest absolute Gasteiger partial charge is 0.253 e. The van der Waals surface area contributed by atoms with Gasteiger partial charge in [0.25, 0.3) is 0 Å². The minimum Gasteiger partial charge on any atom is -0.253 e. The van der Waals surface area contributed by atoms with Crippen LogP contribution in [0.15, 0.2) is 109 Å². The predicted molar refractivity (Wildman–Crippen MR) is 150 cm³/mol. The Hall–Kier alpha value is -2.76. The first-order valence-corrected chi connectivity index (χ1v) is 14.3.